The predicted molar refractivity (Wildman–Crippen MR) is 143 cm³/mol. The topological polar surface area (TPSA) is 46.4 Å². The Bertz CT molecular complexity index is 1230. The molecule has 3 aromatic rings. The molecule has 0 aromatic heterocycles. The first kappa shape index (κ1) is 23.7. The number of benzene rings is 3. The van der Waals surface area contributed by atoms with Crippen LogP contribution in [0, 0.1) is 10.1 Å². The van der Waals surface area contributed by atoms with E-state index in [-0.39, 0.29) is 23.0 Å². The molecule has 172 valence electrons. The zero-order valence-corrected chi connectivity index (χ0v) is 19.7. The second kappa shape index (κ2) is 10.6. The second-order valence-electron chi connectivity index (χ2n) is 8.51. The molecular weight excluding hydrogens is 444 g/mol. The van der Waals surface area contributed by atoms with E-state index in [1.807, 2.05) is 18.2 Å². The summed E-state index contributed by atoms with van der Waals surface area (Å²) in [5, 5.41) is 11.2. The first-order chi connectivity index (χ1) is 16.2. The van der Waals surface area contributed by atoms with Crippen LogP contribution in [0.2, 0.25) is 0 Å². The number of nitro benzene ring substituents is 1. The van der Waals surface area contributed by atoms with E-state index in [2.05, 4.69) is 65.6 Å². The third-order valence-electron chi connectivity index (χ3n) is 6.51. The van der Waals surface area contributed by atoms with E-state index in [9.17, 15) is 10.1 Å². The van der Waals surface area contributed by atoms with Crippen molar-refractivity contribution in [3.05, 3.63) is 122 Å². The summed E-state index contributed by atoms with van der Waals surface area (Å²) >= 11 is 0. The van der Waals surface area contributed by atoms with E-state index >= 15 is 0 Å². The van der Waals surface area contributed by atoms with Gasteiger partial charge in [0.1, 0.15) is 0 Å². The fourth-order valence-electron chi connectivity index (χ4n) is 4.82. The van der Waals surface area contributed by atoms with Crippen LogP contribution in [-0.4, -0.2) is 29.5 Å². The number of halogens is 1. The number of fused-ring (bicyclic) bond motifs is 2. The van der Waals surface area contributed by atoms with E-state index in [4.69, 9.17) is 0 Å². The van der Waals surface area contributed by atoms with Gasteiger partial charge in [0, 0.05) is 25.7 Å². The molecule has 5 heteroatoms. The number of piperidine rings is 1. The van der Waals surface area contributed by atoms with Crippen molar-refractivity contribution in [2.45, 2.75) is 12.8 Å². The maximum absolute atomic E-state index is 11.2. The van der Waals surface area contributed by atoms with Gasteiger partial charge in [0.15, 0.2) is 0 Å². The van der Waals surface area contributed by atoms with E-state index < -0.39 is 0 Å². The minimum absolute atomic E-state index is 0. The van der Waals surface area contributed by atoms with Crippen LogP contribution in [0.4, 0.5) is 5.69 Å². The Labute approximate surface area is 206 Å². The molecule has 0 unspecified atom stereocenters. The Morgan fingerprint density at radius 2 is 1.38 bits per heavy atom. The summed E-state index contributed by atoms with van der Waals surface area (Å²) in [6, 6.07) is 24.2. The molecule has 1 aliphatic heterocycles. The van der Waals surface area contributed by atoms with Crippen LogP contribution in [0.15, 0.2) is 84.4 Å². The molecule has 0 amide bonds. The Balaban J connectivity index is 0.00000274. The highest BCUT2D eigenvalue weighted by Gasteiger charge is 2.22. The van der Waals surface area contributed by atoms with Crippen LogP contribution >= 0.6 is 12.4 Å². The van der Waals surface area contributed by atoms with Gasteiger partial charge in [-0.1, -0.05) is 90.5 Å². The molecule has 1 heterocycles. The van der Waals surface area contributed by atoms with Gasteiger partial charge in [-0.25, -0.2) is 0 Å². The lowest BCUT2D eigenvalue weighted by Gasteiger charge is -2.29. The summed E-state index contributed by atoms with van der Waals surface area (Å²) in [4.78, 5) is 13.3. The lowest BCUT2D eigenvalue weighted by Crippen LogP contribution is -2.31. The maximum Gasteiger partial charge on any atom is 0.276 e. The van der Waals surface area contributed by atoms with E-state index in [0.717, 1.165) is 32.5 Å². The molecule has 1 saturated heterocycles. The molecule has 4 nitrogen and oxygen atoms in total. The smallest absolute Gasteiger partial charge is 0.276 e. The van der Waals surface area contributed by atoms with Gasteiger partial charge in [0.25, 0.3) is 5.69 Å². The molecule has 0 N–H and O–H groups in total. The van der Waals surface area contributed by atoms with Crippen molar-refractivity contribution in [3.8, 4) is 0 Å². The van der Waals surface area contributed by atoms with Gasteiger partial charge in [-0.2, -0.15) is 0 Å². The molecule has 3 aromatic carbocycles. The van der Waals surface area contributed by atoms with Gasteiger partial charge in [-0.05, 0) is 46.7 Å². The monoisotopic (exact) mass is 470 g/mol. The summed E-state index contributed by atoms with van der Waals surface area (Å²) in [5.41, 5.74) is 8.88. The van der Waals surface area contributed by atoms with Crippen molar-refractivity contribution in [2.24, 2.45) is 0 Å². The molecule has 0 atom stereocenters. The van der Waals surface area contributed by atoms with Crippen molar-refractivity contribution in [1.29, 1.82) is 0 Å². The molecule has 0 radical (unpaired) electrons. The number of nitro groups is 1. The van der Waals surface area contributed by atoms with Crippen LogP contribution in [0.25, 0.3) is 23.8 Å². The Hall–Kier alpha value is -3.47. The highest BCUT2D eigenvalue weighted by Crippen LogP contribution is 2.38. The van der Waals surface area contributed by atoms with Crippen molar-refractivity contribution < 1.29 is 4.92 Å². The van der Waals surface area contributed by atoms with Crippen LogP contribution in [-0.2, 0) is 0 Å². The summed E-state index contributed by atoms with van der Waals surface area (Å²) in [6.07, 6.45) is 10.4. The molecule has 1 fully saturated rings. The third-order valence-corrected chi connectivity index (χ3v) is 6.51. The molecule has 0 saturated carbocycles. The van der Waals surface area contributed by atoms with Crippen molar-refractivity contribution in [2.75, 3.05) is 19.6 Å². The normalized spacial score (nSPS) is 15.4. The second-order valence-corrected chi connectivity index (χ2v) is 8.51. The zero-order chi connectivity index (χ0) is 22.6. The van der Waals surface area contributed by atoms with Gasteiger partial charge in [-0.3, -0.25) is 15.0 Å². The molecule has 0 spiro atoms. The number of para-hydroxylation sites is 1. The average molecular weight is 471 g/mol. The van der Waals surface area contributed by atoms with Gasteiger partial charge < -0.3 is 0 Å². The van der Waals surface area contributed by atoms with Crippen LogP contribution < -0.4 is 0 Å². The molecule has 34 heavy (non-hydrogen) atoms. The molecule has 1 aliphatic carbocycles. The average Bonchev–Trinajstić information content (AvgIpc) is 3.02. The standard InChI is InChI=1S/C29H26N2O2.ClH/c32-31(33)28-14-6-3-10-24(28)11-7-19-30-20-17-25(18-21-30)29-26-12-4-1-8-22(26)15-16-23-9-2-5-13-27(23)29;/h1-16H,17-21H2;1H/b11-7+;. The first-order valence-electron chi connectivity index (χ1n) is 11.4. The predicted octanol–water partition coefficient (Wildman–Crippen LogP) is 7.11. The first-order valence-corrected chi connectivity index (χ1v) is 11.4. The number of nitrogens with zero attached hydrogens (tertiary/aromatic N) is 2. The summed E-state index contributed by atoms with van der Waals surface area (Å²) in [7, 11) is 0. The van der Waals surface area contributed by atoms with Gasteiger partial charge in [-0.15, -0.1) is 12.4 Å². The molecular formula is C29H27ClN2O2. The minimum atomic E-state index is -0.323. The van der Waals surface area contributed by atoms with Crippen LogP contribution in [0.1, 0.15) is 40.7 Å². The Morgan fingerprint density at radius 1 is 0.824 bits per heavy atom. The van der Waals surface area contributed by atoms with E-state index in [1.165, 1.54) is 33.4 Å². The van der Waals surface area contributed by atoms with Gasteiger partial charge >= 0.3 is 0 Å². The Morgan fingerprint density at radius 3 is 2.00 bits per heavy atom. The third kappa shape index (κ3) is 4.89. The molecule has 5 rings (SSSR count). The van der Waals surface area contributed by atoms with Crippen LogP contribution in [0.5, 0.6) is 0 Å². The summed E-state index contributed by atoms with van der Waals surface area (Å²) in [5.74, 6) is 0. The Kier molecular flexibility index (Phi) is 7.41. The quantitative estimate of drug-likeness (QED) is 0.236. The lowest BCUT2D eigenvalue weighted by molar-refractivity contribution is -0.385. The SMILES string of the molecule is Cl.O=[N+]([O-])c1ccccc1/C=C/CN1CCC(=C2c3ccccc3C=Cc3ccccc32)CC1. The zero-order valence-electron chi connectivity index (χ0n) is 18.9. The minimum Gasteiger partial charge on any atom is -0.299 e. The largest absolute Gasteiger partial charge is 0.299 e. The summed E-state index contributed by atoms with van der Waals surface area (Å²) < 4.78 is 0. The number of rotatable bonds is 4. The van der Waals surface area contributed by atoms with Crippen molar-refractivity contribution >= 4 is 41.9 Å². The number of hydrogen-bond donors (Lipinski definition) is 0. The van der Waals surface area contributed by atoms with Crippen molar-refractivity contribution in [3.63, 3.8) is 0 Å². The maximum atomic E-state index is 11.2. The van der Waals surface area contributed by atoms with Gasteiger partial charge in [0.05, 0.1) is 10.5 Å². The number of hydrogen-bond acceptors (Lipinski definition) is 3. The molecule has 2 aliphatic rings. The van der Waals surface area contributed by atoms with Gasteiger partial charge in [0.2, 0.25) is 0 Å². The molecule has 0 bridgehead atoms. The fourth-order valence-corrected chi connectivity index (χ4v) is 4.82. The van der Waals surface area contributed by atoms with Crippen molar-refractivity contribution in [1.82, 2.24) is 4.90 Å². The van der Waals surface area contributed by atoms with E-state index in [1.54, 1.807) is 18.2 Å². The highest BCUT2D eigenvalue weighted by molar-refractivity contribution is 5.94. The van der Waals surface area contributed by atoms with Crippen LogP contribution in [0.3, 0.4) is 0 Å². The summed E-state index contributed by atoms with van der Waals surface area (Å²) in [6.45, 7) is 2.76. The highest BCUT2D eigenvalue weighted by atomic mass is 35.5. The lowest BCUT2D eigenvalue weighted by atomic mass is 9.86. The number of likely N-dealkylation sites (tertiary alicyclic amines) is 1. The van der Waals surface area contributed by atoms with E-state index in [0.29, 0.717) is 5.56 Å². The fraction of sp³-hybridized carbons (Fsp3) is 0.172.